The third-order valence-electron chi connectivity index (χ3n) is 4.32. The fourth-order valence-corrected chi connectivity index (χ4v) is 2.61. The molecule has 1 aliphatic heterocycles. The van der Waals surface area contributed by atoms with Gasteiger partial charge in [0.25, 0.3) is 0 Å². The van der Waals surface area contributed by atoms with E-state index in [4.69, 9.17) is 24.1 Å². The van der Waals surface area contributed by atoms with Crippen molar-refractivity contribution in [3.8, 4) is 5.75 Å². The molecule has 10 heteroatoms. The molecule has 0 aromatic heterocycles. The zero-order valence-corrected chi connectivity index (χ0v) is 15.8. The Balaban J connectivity index is 1.85. The van der Waals surface area contributed by atoms with E-state index in [0.29, 0.717) is 5.75 Å². The minimum absolute atomic E-state index is 0.350. The van der Waals surface area contributed by atoms with Crippen LogP contribution in [0.15, 0.2) is 30.3 Å². The van der Waals surface area contributed by atoms with Gasteiger partial charge in [-0.2, -0.15) is 0 Å². The van der Waals surface area contributed by atoms with Gasteiger partial charge in [0.2, 0.25) is 0 Å². The second-order valence-corrected chi connectivity index (χ2v) is 6.37. The van der Waals surface area contributed by atoms with E-state index in [9.17, 15) is 25.2 Å². The largest absolute Gasteiger partial charge is 0.497 e. The van der Waals surface area contributed by atoms with Crippen LogP contribution in [0.25, 0.3) is 6.08 Å². The summed E-state index contributed by atoms with van der Waals surface area (Å²) in [6, 6.07) is 6.98. The van der Waals surface area contributed by atoms with Crippen LogP contribution < -0.4 is 4.74 Å². The summed E-state index contributed by atoms with van der Waals surface area (Å²) in [5, 5.41) is 48.0. The van der Waals surface area contributed by atoms with E-state index in [1.165, 1.54) is 12.2 Å². The maximum Gasteiger partial charge on any atom is 0.330 e. The van der Waals surface area contributed by atoms with Crippen molar-refractivity contribution in [2.45, 2.75) is 36.8 Å². The Morgan fingerprint density at radius 2 is 1.83 bits per heavy atom. The highest BCUT2D eigenvalue weighted by Crippen LogP contribution is 2.23. The molecule has 0 amide bonds. The number of benzene rings is 1. The highest BCUT2D eigenvalue weighted by molar-refractivity contribution is 5.87. The number of aliphatic hydroxyl groups is 5. The van der Waals surface area contributed by atoms with Crippen molar-refractivity contribution in [3.05, 3.63) is 35.9 Å². The minimum Gasteiger partial charge on any atom is -0.497 e. The summed E-state index contributed by atoms with van der Waals surface area (Å²) in [4.78, 5) is 11.9. The zero-order valence-electron chi connectivity index (χ0n) is 15.8. The number of aliphatic hydroxyl groups excluding tert-OH is 5. The van der Waals surface area contributed by atoms with E-state index in [2.05, 4.69) is 0 Å². The van der Waals surface area contributed by atoms with Gasteiger partial charge in [-0.05, 0) is 23.8 Å². The van der Waals surface area contributed by atoms with E-state index >= 15 is 0 Å². The van der Waals surface area contributed by atoms with Gasteiger partial charge in [-0.3, -0.25) is 0 Å². The first-order chi connectivity index (χ1) is 13.9. The molecular formula is C19H26O10. The molecule has 5 N–H and O–H groups in total. The number of hydrogen-bond donors (Lipinski definition) is 5. The van der Waals surface area contributed by atoms with Crippen LogP contribution in [-0.2, 0) is 19.0 Å². The van der Waals surface area contributed by atoms with E-state index in [1.807, 2.05) is 0 Å². The zero-order chi connectivity index (χ0) is 21.4. The third kappa shape index (κ3) is 6.47. The number of rotatable bonds is 9. The van der Waals surface area contributed by atoms with Gasteiger partial charge in [0.1, 0.15) is 42.9 Å². The Morgan fingerprint density at radius 1 is 1.14 bits per heavy atom. The average Bonchev–Trinajstić information content (AvgIpc) is 2.75. The minimum atomic E-state index is -1.62. The van der Waals surface area contributed by atoms with Crippen molar-refractivity contribution < 1.29 is 49.3 Å². The number of carbonyl (C=O) groups excluding carboxylic acids is 1. The molecular weight excluding hydrogens is 388 g/mol. The first-order valence-electron chi connectivity index (χ1n) is 8.95. The van der Waals surface area contributed by atoms with Crippen LogP contribution in [0, 0.1) is 0 Å². The van der Waals surface area contributed by atoms with Crippen LogP contribution in [0.4, 0.5) is 0 Å². The van der Waals surface area contributed by atoms with E-state index in [0.717, 1.165) is 5.56 Å². The van der Waals surface area contributed by atoms with Crippen LogP contribution in [-0.4, -0.2) is 95.2 Å². The molecule has 29 heavy (non-hydrogen) atoms. The molecule has 0 aliphatic carbocycles. The first kappa shape index (κ1) is 23.2. The standard InChI is InChI=1S/C19H26O10/c1-26-12-5-2-11(3-6-12)4-7-15(22)27-10-13(8-20)28-19-18(25)17(24)16(23)14(9-21)29-19/h2-7,13-14,16-21,23-25H,8-10H2,1H3/b7-4+/t13-,14+,16+,17-,18+,19+/m0/s1. The van der Waals surface area contributed by atoms with Gasteiger partial charge < -0.3 is 44.5 Å². The predicted molar refractivity (Wildman–Crippen MR) is 98.7 cm³/mol. The molecule has 10 nitrogen and oxygen atoms in total. The maximum absolute atomic E-state index is 11.9. The lowest BCUT2D eigenvalue weighted by Gasteiger charge is -2.40. The fourth-order valence-electron chi connectivity index (χ4n) is 2.61. The summed E-state index contributed by atoms with van der Waals surface area (Å²) in [5.74, 6) is -0.00229. The average molecular weight is 414 g/mol. The van der Waals surface area contributed by atoms with Crippen LogP contribution in [0.1, 0.15) is 5.56 Å². The Hall–Kier alpha value is -2.05. The second-order valence-electron chi connectivity index (χ2n) is 6.37. The van der Waals surface area contributed by atoms with Gasteiger partial charge in [-0.15, -0.1) is 0 Å². The van der Waals surface area contributed by atoms with Gasteiger partial charge >= 0.3 is 5.97 Å². The molecule has 6 atom stereocenters. The summed E-state index contributed by atoms with van der Waals surface area (Å²) >= 11 is 0. The van der Waals surface area contributed by atoms with Crippen LogP contribution in [0.5, 0.6) is 5.75 Å². The number of methoxy groups -OCH3 is 1. The van der Waals surface area contributed by atoms with E-state index < -0.39 is 56.0 Å². The Bertz CT molecular complexity index is 659. The molecule has 0 radical (unpaired) electrons. The number of hydrogen-bond acceptors (Lipinski definition) is 10. The van der Waals surface area contributed by atoms with E-state index in [-0.39, 0.29) is 6.61 Å². The SMILES string of the molecule is COc1ccc(/C=C/C(=O)OC[C@H](CO)O[C@@H]2O[C@H](CO)[C@@H](O)[C@H](O)[C@H]2O)cc1. The lowest BCUT2D eigenvalue weighted by atomic mass is 9.99. The van der Waals surface area contributed by atoms with Crippen LogP contribution in [0.3, 0.4) is 0 Å². The normalized spacial score (nSPS) is 28.3. The monoisotopic (exact) mass is 414 g/mol. The molecule has 0 saturated carbocycles. The number of esters is 1. The van der Waals surface area contributed by atoms with Gasteiger partial charge in [-0.25, -0.2) is 4.79 Å². The fraction of sp³-hybridized carbons (Fsp3) is 0.526. The summed E-state index contributed by atoms with van der Waals surface area (Å²) in [5.41, 5.74) is 0.749. The second kappa shape index (κ2) is 11.2. The van der Waals surface area contributed by atoms with Gasteiger partial charge in [-0.1, -0.05) is 12.1 Å². The van der Waals surface area contributed by atoms with Crippen molar-refractivity contribution in [3.63, 3.8) is 0 Å². The number of carbonyl (C=O) groups is 1. The van der Waals surface area contributed by atoms with Gasteiger partial charge in [0.15, 0.2) is 6.29 Å². The Morgan fingerprint density at radius 3 is 2.41 bits per heavy atom. The molecule has 1 heterocycles. The molecule has 0 unspecified atom stereocenters. The summed E-state index contributed by atoms with van der Waals surface area (Å²) in [6.07, 6.45) is -5.66. The summed E-state index contributed by atoms with van der Waals surface area (Å²) in [7, 11) is 1.55. The highest BCUT2D eigenvalue weighted by Gasteiger charge is 2.44. The molecule has 1 saturated heterocycles. The third-order valence-corrected chi connectivity index (χ3v) is 4.32. The Labute approximate surface area is 167 Å². The quantitative estimate of drug-likeness (QED) is 0.236. The molecule has 1 aromatic carbocycles. The molecule has 1 aromatic rings. The molecule has 0 bridgehead atoms. The van der Waals surface area contributed by atoms with Crippen molar-refractivity contribution in [1.29, 1.82) is 0 Å². The maximum atomic E-state index is 11.9. The first-order valence-corrected chi connectivity index (χ1v) is 8.95. The summed E-state index contributed by atoms with van der Waals surface area (Å²) in [6.45, 7) is -1.53. The number of ether oxygens (including phenoxy) is 4. The van der Waals surface area contributed by atoms with E-state index in [1.54, 1.807) is 31.4 Å². The van der Waals surface area contributed by atoms with Crippen LogP contribution in [0.2, 0.25) is 0 Å². The molecule has 2 rings (SSSR count). The van der Waals surface area contributed by atoms with Crippen molar-refractivity contribution in [2.75, 3.05) is 26.9 Å². The molecule has 0 spiro atoms. The van der Waals surface area contributed by atoms with Gasteiger partial charge in [0.05, 0.1) is 20.3 Å². The smallest absolute Gasteiger partial charge is 0.330 e. The lowest BCUT2D eigenvalue weighted by molar-refractivity contribution is -0.315. The van der Waals surface area contributed by atoms with Crippen molar-refractivity contribution in [1.82, 2.24) is 0 Å². The topological polar surface area (TPSA) is 155 Å². The molecule has 1 aliphatic rings. The highest BCUT2D eigenvalue weighted by atomic mass is 16.7. The van der Waals surface area contributed by atoms with Crippen LogP contribution >= 0.6 is 0 Å². The summed E-state index contributed by atoms with van der Waals surface area (Å²) < 4.78 is 20.6. The predicted octanol–water partition coefficient (Wildman–Crippen LogP) is -1.57. The Kier molecular flexibility index (Phi) is 8.99. The van der Waals surface area contributed by atoms with Crippen molar-refractivity contribution in [2.24, 2.45) is 0 Å². The molecule has 1 fully saturated rings. The van der Waals surface area contributed by atoms with Crippen molar-refractivity contribution >= 4 is 12.0 Å². The molecule has 162 valence electrons. The van der Waals surface area contributed by atoms with Gasteiger partial charge in [0, 0.05) is 6.08 Å². The lowest BCUT2D eigenvalue weighted by Crippen LogP contribution is -2.60.